The van der Waals surface area contributed by atoms with Crippen LogP contribution in [0.15, 0.2) is 22.7 Å². The molecule has 0 saturated heterocycles. The van der Waals surface area contributed by atoms with Crippen LogP contribution in [0, 0.1) is 19.3 Å². The van der Waals surface area contributed by atoms with E-state index in [9.17, 15) is 0 Å². The lowest BCUT2D eigenvalue weighted by molar-refractivity contribution is 0.618. The van der Waals surface area contributed by atoms with Gasteiger partial charge in [-0.05, 0) is 37.0 Å². The molecule has 0 heterocycles. The molecule has 0 saturated carbocycles. The third-order valence-corrected chi connectivity index (χ3v) is 3.40. The topological polar surface area (TPSA) is 26.0 Å². The summed E-state index contributed by atoms with van der Waals surface area (Å²) in [6, 6.07) is 6.23. The van der Waals surface area contributed by atoms with Gasteiger partial charge in [0.05, 0.1) is 0 Å². The molecule has 2 N–H and O–H groups in total. The van der Waals surface area contributed by atoms with Gasteiger partial charge in [-0.3, -0.25) is 0 Å². The summed E-state index contributed by atoms with van der Waals surface area (Å²) in [6.45, 7) is 2.08. The number of nitrogens with two attached hydrogens (primary N) is 1. The number of rotatable bonds is 4. The fourth-order valence-corrected chi connectivity index (χ4v) is 1.99. The van der Waals surface area contributed by atoms with Gasteiger partial charge in [-0.15, -0.1) is 12.3 Å². The van der Waals surface area contributed by atoms with Crippen LogP contribution in [-0.4, -0.2) is 0 Å². The summed E-state index contributed by atoms with van der Waals surface area (Å²) in [6.07, 6.45) is 7.95. The van der Waals surface area contributed by atoms with E-state index in [2.05, 4.69) is 34.8 Å². The SMILES string of the molecule is C#CCCCC(N)c1cccc(Br)c1C. The summed E-state index contributed by atoms with van der Waals surface area (Å²) in [7, 11) is 0. The average molecular weight is 266 g/mol. The Labute approximate surface area is 100 Å². The highest BCUT2D eigenvalue weighted by Gasteiger charge is 2.09. The van der Waals surface area contributed by atoms with Crippen LogP contribution >= 0.6 is 15.9 Å². The molecule has 0 spiro atoms. The minimum absolute atomic E-state index is 0.0934. The summed E-state index contributed by atoms with van der Waals surface area (Å²) in [5.74, 6) is 2.64. The van der Waals surface area contributed by atoms with E-state index in [1.807, 2.05) is 12.1 Å². The summed E-state index contributed by atoms with van der Waals surface area (Å²) >= 11 is 3.51. The molecule has 1 aromatic rings. The van der Waals surface area contributed by atoms with Gasteiger partial charge in [-0.25, -0.2) is 0 Å². The van der Waals surface area contributed by atoms with Crippen molar-refractivity contribution < 1.29 is 0 Å². The first-order valence-corrected chi connectivity index (χ1v) is 5.90. The first-order valence-electron chi connectivity index (χ1n) is 5.11. The van der Waals surface area contributed by atoms with Gasteiger partial charge >= 0.3 is 0 Å². The molecule has 1 nitrogen and oxygen atoms in total. The highest BCUT2D eigenvalue weighted by atomic mass is 79.9. The molecule has 80 valence electrons. The third kappa shape index (κ3) is 3.37. The Bertz CT molecular complexity index is 365. The van der Waals surface area contributed by atoms with Crippen LogP contribution < -0.4 is 5.73 Å². The van der Waals surface area contributed by atoms with Crippen LogP contribution in [0.3, 0.4) is 0 Å². The molecule has 0 aliphatic heterocycles. The highest BCUT2D eigenvalue weighted by Crippen LogP contribution is 2.25. The number of terminal acetylenes is 1. The van der Waals surface area contributed by atoms with E-state index in [1.54, 1.807) is 0 Å². The average Bonchev–Trinajstić information content (AvgIpc) is 2.22. The largest absolute Gasteiger partial charge is 0.324 e. The Morgan fingerprint density at radius 1 is 1.53 bits per heavy atom. The molecule has 1 atom stereocenters. The van der Waals surface area contributed by atoms with E-state index in [0.717, 1.165) is 23.7 Å². The van der Waals surface area contributed by atoms with Gasteiger partial charge in [0.2, 0.25) is 0 Å². The molecule has 0 aliphatic rings. The number of halogens is 1. The maximum absolute atomic E-state index is 6.12. The minimum atomic E-state index is 0.0934. The number of unbranched alkanes of at least 4 members (excludes halogenated alkanes) is 1. The van der Waals surface area contributed by atoms with Crippen molar-refractivity contribution in [3.63, 3.8) is 0 Å². The van der Waals surface area contributed by atoms with Gasteiger partial charge in [-0.2, -0.15) is 0 Å². The van der Waals surface area contributed by atoms with Gasteiger partial charge in [0.15, 0.2) is 0 Å². The lowest BCUT2D eigenvalue weighted by Crippen LogP contribution is -2.11. The van der Waals surface area contributed by atoms with E-state index < -0.39 is 0 Å². The van der Waals surface area contributed by atoms with Crippen LogP contribution in [0.2, 0.25) is 0 Å². The number of hydrogen-bond acceptors (Lipinski definition) is 1. The molecule has 1 aromatic carbocycles. The predicted octanol–water partition coefficient (Wildman–Crippen LogP) is 3.56. The maximum Gasteiger partial charge on any atom is 0.0298 e. The summed E-state index contributed by atoms with van der Waals surface area (Å²) in [5.41, 5.74) is 8.55. The second-order valence-electron chi connectivity index (χ2n) is 3.66. The van der Waals surface area contributed by atoms with Crippen molar-refractivity contribution in [1.29, 1.82) is 0 Å². The van der Waals surface area contributed by atoms with Crippen molar-refractivity contribution in [3.8, 4) is 12.3 Å². The van der Waals surface area contributed by atoms with E-state index in [4.69, 9.17) is 12.2 Å². The van der Waals surface area contributed by atoms with Gasteiger partial charge in [0.25, 0.3) is 0 Å². The Balaban J connectivity index is 2.70. The molecule has 0 radical (unpaired) electrons. The zero-order chi connectivity index (χ0) is 11.3. The summed E-state index contributed by atoms with van der Waals surface area (Å²) in [4.78, 5) is 0. The Morgan fingerprint density at radius 2 is 2.27 bits per heavy atom. The van der Waals surface area contributed by atoms with Crippen LogP contribution in [0.4, 0.5) is 0 Å². The minimum Gasteiger partial charge on any atom is -0.324 e. The normalized spacial score (nSPS) is 12.1. The standard InChI is InChI=1S/C13H16BrN/c1-3-4-5-9-13(15)11-7-6-8-12(14)10(11)2/h1,6-8,13H,4-5,9,15H2,2H3. The number of benzene rings is 1. The van der Waals surface area contributed by atoms with Gasteiger partial charge < -0.3 is 5.73 Å². The van der Waals surface area contributed by atoms with Crippen LogP contribution in [0.5, 0.6) is 0 Å². The quantitative estimate of drug-likeness (QED) is 0.654. The predicted molar refractivity (Wildman–Crippen MR) is 68.5 cm³/mol. The molecular formula is C13H16BrN. The van der Waals surface area contributed by atoms with Crippen molar-refractivity contribution in [3.05, 3.63) is 33.8 Å². The first-order chi connectivity index (χ1) is 7.16. The van der Waals surface area contributed by atoms with Crippen molar-refractivity contribution >= 4 is 15.9 Å². The lowest BCUT2D eigenvalue weighted by Gasteiger charge is -2.15. The van der Waals surface area contributed by atoms with Crippen LogP contribution in [0.25, 0.3) is 0 Å². The molecular weight excluding hydrogens is 250 g/mol. The van der Waals surface area contributed by atoms with E-state index in [0.29, 0.717) is 0 Å². The molecule has 15 heavy (non-hydrogen) atoms. The lowest BCUT2D eigenvalue weighted by atomic mass is 9.98. The van der Waals surface area contributed by atoms with Gasteiger partial charge in [-0.1, -0.05) is 28.1 Å². The zero-order valence-electron chi connectivity index (χ0n) is 8.96. The van der Waals surface area contributed by atoms with Crippen molar-refractivity contribution in [2.45, 2.75) is 32.2 Å². The molecule has 1 unspecified atom stereocenters. The zero-order valence-corrected chi connectivity index (χ0v) is 10.5. The van der Waals surface area contributed by atoms with Gasteiger partial charge in [0.1, 0.15) is 0 Å². The third-order valence-electron chi connectivity index (χ3n) is 2.55. The molecule has 1 rings (SSSR count). The molecule has 0 fully saturated rings. The maximum atomic E-state index is 6.12. The molecule has 0 aliphatic carbocycles. The van der Waals surface area contributed by atoms with E-state index in [1.165, 1.54) is 11.1 Å². The van der Waals surface area contributed by atoms with Gasteiger partial charge in [0, 0.05) is 16.9 Å². The Kier molecular flexibility index (Phi) is 4.87. The molecule has 2 heteroatoms. The highest BCUT2D eigenvalue weighted by molar-refractivity contribution is 9.10. The smallest absolute Gasteiger partial charge is 0.0298 e. The van der Waals surface area contributed by atoms with Crippen molar-refractivity contribution in [1.82, 2.24) is 0 Å². The molecule has 0 amide bonds. The molecule has 0 aromatic heterocycles. The van der Waals surface area contributed by atoms with E-state index in [-0.39, 0.29) is 6.04 Å². The van der Waals surface area contributed by atoms with Crippen LogP contribution in [0.1, 0.15) is 36.4 Å². The summed E-state index contributed by atoms with van der Waals surface area (Å²) in [5, 5.41) is 0. The Morgan fingerprint density at radius 3 is 2.93 bits per heavy atom. The van der Waals surface area contributed by atoms with Crippen molar-refractivity contribution in [2.24, 2.45) is 5.73 Å². The van der Waals surface area contributed by atoms with Crippen LogP contribution in [-0.2, 0) is 0 Å². The fraction of sp³-hybridized carbons (Fsp3) is 0.385. The van der Waals surface area contributed by atoms with E-state index >= 15 is 0 Å². The fourth-order valence-electron chi connectivity index (χ4n) is 1.61. The first kappa shape index (κ1) is 12.3. The number of hydrogen-bond donors (Lipinski definition) is 1. The summed E-state index contributed by atoms with van der Waals surface area (Å²) < 4.78 is 1.12. The second kappa shape index (κ2) is 5.95. The second-order valence-corrected chi connectivity index (χ2v) is 4.51. The van der Waals surface area contributed by atoms with Crippen molar-refractivity contribution in [2.75, 3.05) is 0 Å². The Hall–Kier alpha value is -0.780. The monoisotopic (exact) mass is 265 g/mol. The molecule has 0 bridgehead atoms.